The van der Waals surface area contributed by atoms with Gasteiger partial charge in [-0.2, -0.15) is 4.98 Å². The van der Waals surface area contributed by atoms with Crippen LogP contribution in [0, 0.1) is 10.5 Å². The predicted octanol–water partition coefficient (Wildman–Crippen LogP) is 2.15. The first-order valence-electron chi connectivity index (χ1n) is 5.00. The number of rotatable bonds is 3. The molecule has 0 aliphatic heterocycles. The van der Waals surface area contributed by atoms with Crippen molar-refractivity contribution in [2.75, 3.05) is 6.54 Å². The molecule has 0 saturated carbocycles. The summed E-state index contributed by atoms with van der Waals surface area (Å²) in [7, 11) is 0. The van der Waals surface area contributed by atoms with Gasteiger partial charge >= 0.3 is 0 Å². The number of aromatic nitrogens is 2. The minimum Gasteiger partial charge on any atom is -0.334 e. The molecular formula is C11H12IN3O. The molecule has 0 saturated heterocycles. The van der Waals surface area contributed by atoms with Crippen molar-refractivity contribution in [1.82, 2.24) is 10.1 Å². The SMILES string of the molecule is Cc1cccc(-c2nc(CCN)no2)c1I. The summed E-state index contributed by atoms with van der Waals surface area (Å²) in [5.41, 5.74) is 7.63. The van der Waals surface area contributed by atoms with E-state index in [0.717, 1.165) is 9.13 Å². The minimum absolute atomic E-state index is 0.532. The summed E-state index contributed by atoms with van der Waals surface area (Å²) in [6.45, 7) is 2.59. The van der Waals surface area contributed by atoms with Gasteiger partial charge < -0.3 is 10.3 Å². The second-order valence-electron chi connectivity index (χ2n) is 3.49. The van der Waals surface area contributed by atoms with Gasteiger partial charge in [0.25, 0.3) is 5.89 Å². The van der Waals surface area contributed by atoms with Crippen molar-refractivity contribution >= 4 is 22.6 Å². The molecule has 0 radical (unpaired) electrons. The van der Waals surface area contributed by atoms with Gasteiger partial charge in [-0.25, -0.2) is 0 Å². The highest BCUT2D eigenvalue weighted by atomic mass is 127. The number of nitrogens with two attached hydrogens (primary N) is 1. The lowest BCUT2D eigenvalue weighted by molar-refractivity contribution is 0.422. The van der Waals surface area contributed by atoms with Crippen LogP contribution in [0.15, 0.2) is 22.7 Å². The average Bonchev–Trinajstić information content (AvgIpc) is 2.71. The van der Waals surface area contributed by atoms with E-state index in [-0.39, 0.29) is 0 Å². The molecule has 84 valence electrons. The van der Waals surface area contributed by atoms with Crippen molar-refractivity contribution in [2.45, 2.75) is 13.3 Å². The molecule has 1 aromatic carbocycles. The van der Waals surface area contributed by atoms with Gasteiger partial charge in [-0.3, -0.25) is 0 Å². The number of aryl methyl sites for hydroxylation is 1. The quantitative estimate of drug-likeness (QED) is 0.877. The number of benzene rings is 1. The third-order valence-corrected chi connectivity index (χ3v) is 3.69. The zero-order valence-corrected chi connectivity index (χ0v) is 11.1. The van der Waals surface area contributed by atoms with E-state index in [1.807, 2.05) is 12.1 Å². The van der Waals surface area contributed by atoms with Crippen molar-refractivity contribution in [3.8, 4) is 11.5 Å². The van der Waals surface area contributed by atoms with Crippen LogP contribution < -0.4 is 5.73 Å². The minimum atomic E-state index is 0.532. The van der Waals surface area contributed by atoms with E-state index < -0.39 is 0 Å². The average molecular weight is 329 g/mol. The molecule has 0 spiro atoms. The Hall–Kier alpha value is -0.950. The largest absolute Gasteiger partial charge is 0.334 e. The van der Waals surface area contributed by atoms with E-state index in [1.165, 1.54) is 5.56 Å². The van der Waals surface area contributed by atoms with Crippen molar-refractivity contribution in [3.63, 3.8) is 0 Å². The van der Waals surface area contributed by atoms with E-state index in [1.54, 1.807) is 0 Å². The molecule has 0 aliphatic rings. The summed E-state index contributed by atoms with van der Waals surface area (Å²) in [4.78, 5) is 4.31. The smallest absolute Gasteiger partial charge is 0.259 e. The van der Waals surface area contributed by atoms with Gasteiger partial charge in [0.1, 0.15) is 0 Å². The molecular weight excluding hydrogens is 317 g/mol. The van der Waals surface area contributed by atoms with E-state index in [4.69, 9.17) is 10.3 Å². The molecule has 2 aromatic rings. The summed E-state index contributed by atoms with van der Waals surface area (Å²) < 4.78 is 6.36. The van der Waals surface area contributed by atoms with E-state index in [0.29, 0.717) is 24.7 Å². The lowest BCUT2D eigenvalue weighted by Gasteiger charge is -2.01. The first-order valence-corrected chi connectivity index (χ1v) is 6.08. The van der Waals surface area contributed by atoms with Crippen LogP contribution in [0.2, 0.25) is 0 Å². The summed E-state index contributed by atoms with van der Waals surface area (Å²) >= 11 is 2.29. The molecule has 0 fully saturated rings. The van der Waals surface area contributed by atoms with Gasteiger partial charge in [-0.1, -0.05) is 17.3 Å². The molecule has 0 aliphatic carbocycles. The lowest BCUT2D eigenvalue weighted by atomic mass is 10.1. The first-order chi connectivity index (χ1) is 7.72. The van der Waals surface area contributed by atoms with Crippen LogP contribution in [-0.2, 0) is 6.42 Å². The van der Waals surface area contributed by atoms with Crippen molar-refractivity contribution in [3.05, 3.63) is 33.2 Å². The van der Waals surface area contributed by atoms with Gasteiger partial charge in [0, 0.05) is 9.99 Å². The van der Waals surface area contributed by atoms with Crippen LogP contribution >= 0.6 is 22.6 Å². The Balaban J connectivity index is 2.39. The van der Waals surface area contributed by atoms with Crippen LogP contribution in [0.25, 0.3) is 11.5 Å². The Morgan fingerprint density at radius 3 is 3.00 bits per heavy atom. The molecule has 5 heteroatoms. The fraction of sp³-hybridized carbons (Fsp3) is 0.273. The van der Waals surface area contributed by atoms with Crippen molar-refractivity contribution in [2.24, 2.45) is 5.73 Å². The third-order valence-electron chi connectivity index (χ3n) is 2.26. The highest BCUT2D eigenvalue weighted by Crippen LogP contribution is 2.25. The Morgan fingerprint density at radius 2 is 2.25 bits per heavy atom. The van der Waals surface area contributed by atoms with Crippen molar-refractivity contribution in [1.29, 1.82) is 0 Å². The first kappa shape index (κ1) is 11.5. The molecule has 1 aromatic heterocycles. The Bertz CT molecular complexity index is 496. The molecule has 16 heavy (non-hydrogen) atoms. The number of hydrogen-bond acceptors (Lipinski definition) is 4. The zero-order valence-electron chi connectivity index (χ0n) is 8.90. The Kier molecular flexibility index (Phi) is 3.55. The van der Waals surface area contributed by atoms with E-state index in [2.05, 4.69) is 45.7 Å². The Morgan fingerprint density at radius 1 is 1.44 bits per heavy atom. The molecule has 0 atom stereocenters. The van der Waals surface area contributed by atoms with Crippen LogP contribution in [0.4, 0.5) is 0 Å². The van der Waals surface area contributed by atoms with Gasteiger partial charge in [-0.15, -0.1) is 0 Å². The van der Waals surface area contributed by atoms with Crippen molar-refractivity contribution < 1.29 is 4.52 Å². The van der Waals surface area contributed by atoms with Gasteiger partial charge in [-0.05, 0) is 47.7 Å². The van der Waals surface area contributed by atoms with Gasteiger partial charge in [0.15, 0.2) is 5.82 Å². The van der Waals surface area contributed by atoms with Crippen LogP contribution in [0.5, 0.6) is 0 Å². The fourth-order valence-electron chi connectivity index (χ4n) is 1.41. The Labute approximate surface area is 107 Å². The lowest BCUT2D eigenvalue weighted by Crippen LogP contribution is -2.03. The molecule has 4 nitrogen and oxygen atoms in total. The summed E-state index contributed by atoms with van der Waals surface area (Å²) in [6, 6.07) is 6.02. The molecule has 0 unspecified atom stereocenters. The summed E-state index contributed by atoms with van der Waals surface area (Å²) in [6.07, 6.45) is 0.645. The topological polar surface area (TPSA) is 64.9 Å². The maximum Gasteiger partial charge on any atom is 0.259 e. The predicted molar refractivity (Wildman–Crippen MR) is 69.9 cm³/mol. The standard InChI is InChI=1S/C11H12IN3O/c1-7-3-2-4-8(10(7)12)11-14-9(5-6-13)15-16-11/h2-4H,5-6,13H2,1H3. The maximum absolute atomic E-state index is 5.44. The molecule has 2 rings (SSSR count). The van der Waals surface area contributed by atoms with E-state index in [9.17, 15) is 0 Å². The maximum atomic E-state index is 5.44. The number of halogens is 1. The van der Waals surface area contributed by atoms with Gasteiger partial charge in [0.2, 0.25) is 0 Å². The molecule has 2 N–H and O–H groups in total. The highest BCUT2D eigenvalue weighted by Gasteiger charge is 2.12. The van der Waals surface area contributed by atoms with Crippen LogP contribution in [0.1, 0.15) is 11.4 Å². The molecule has 1 heterocycles. The van der Waals surface area contributed by atoms with Crippen LogP contribution in [0.3, 0.4) is 0 Å². The monoisotopic (exact) mass is 329 g/mol. The molecule has 0 amide bonds. The summed E-state index contributed by atoms with van der Waals surface area (Å²) in [5.74, 6) is 1.23. The van der Waals surface area contributed by atoms with Crippen LogP contribution in [-0.4, -0.2) is 16.7 Å². The third kappa shape index (κ3) is 2.25. The summed E-state index contributed by atoms with van der Waals surface area (Å²) in [5, 5.41) is 3.88. The normalized spacial score (nSPS) is 10.7. The number of hydrogen-bond donors (Lipinski definition) is 1. The van der Waals surface area contributed by atoms with Gasteiger partial charge in [0.05, 0.1) is 5.56 Å². The van der Waals surface area contributed by atoms with E-state index >= 15 is 0 Å². The number of nitrogens with zero attached hydrogens (tertiary/aromatic N) is 2. The second-order valence-corrected chi connectivity index (χ2v) is 4.57. The highest BCUT2D eigenvalue weighted by molar-refractivity contribution is 14.1. The second kappa shape index (κ2) is 4.92. The fourth-order valence-corrected chi connectivity index (χ4v) is 2.00. The zero-order chi connectivity index (χ0) is 11.5. The molecule has 0 bridgehead atoms.